The standard InChI is InChI=1S/C28H39N3/c1-3-5-7-8-9-10-23-11-13-24(14-12-23)26-20-30-27(31-21-26)25-15-18-28(22-29,19-16-25)17-6-4-2/h11-14,20-21,25H,3-10,15-19H2,1-2H3. The van der Waals surface area contributed by atoms with Crippen LogP contribution in [0, 0.1) is 16.7 Å². The molecular formula is C28H39N3. The van der Waals surface area contributed by atoms with Crippen molar-refractivity contribution in [2.45, 2.75) is 103 Å². The Morgan fingerprint density at radius 3 is 2.13 bits per heavy atom. The van der Waals surface area contributed by atoms with E-state index >= 15 is 0 Å². The first-order valence-electron chi connectivity index (χ1n) is 12.5. The highest BCUT2D eigenvalue weighted by Gasteiger charge is 2.36. The Hall–Kier alpha value is -2.21. The average Bonchev–Trinajstić information content (AvgIpc) is 2.83. The second-order valence-corrected chi connectivity index (χ2v) is 9.46. The predicted octanol–water partition coefficient (Wildman–Crippen LogP) is 8.01. The molecule has 0 amide bonds. The molecule has 1 fully saturated rings. The minimum Gasteiger partial charge on any atom is -0.240 e. The van der Waals surface area contributed by atoms with E-state index in [4.69, 9.17) is 9.97 Å². The lowest BCUT2D eigenvalue weighted by Gasteiger charge is -2.34. The van der Waals surface area contributed by atoms with Crippen molar-refractivity contribution in [3.63, 3.8) is 0 Å². The van der Waals surface area contributed by atoms with Gasteiger partial charge in [-0.25, -0.2) is 9.97 Å². The lowest BCUT2D eigenvalue weighted by Crippen LogP contribution is -2.26. The second kappa shape index (κ2) is 12.0. The third-order valence-corrected chi connectivity index (χ3v) is 7.08. The van der Waals surface area contributed by atoms with E-state index in [1.165, 1.54) is 49.7 Å². The van der Waals surface area contributed by atoms with Gasteiger partial charge in [0.15, 0.2) is 0 Å². The van der Waals surface area contributed by atoms with Crippen molar-refractivity contribution in [1.82, 2.24) is 9.97 Å². The van der Waals surface area contributed by atoms with Crippen LogP contribution in [0.5, 0.6) is 0 Å². The van der Waals surface area contributed by atoms with E-state index in [0.717, 1.165) is 56.3 Å². The maximum Gasteiger partial charge on any atom is 0.131 e. The summed E-state index contributed by atoms with van der Waals surface area (Å²) in [5.74, 6) is 1.35. The molecule has 0 spiro atoms. The van der Waals surface area contributed by atoms with Gasteiger partial charge >= 0.3 is 0 Å². The number of benzene rings is 1. The molecular weight excluding hydrogens is 378 g/mol. The van der Waals surface area contributed by atoms with Crippen LogP contribution in [0.2, 0.25) is 0 Å². The smallest absolute Gasteiger partial charge is 0.131 e. The quantitative estimate of drug-likeness (QED) is 0.348. The molecule has 1 aromatic carbocycles. The van der Waals surface area contributed by atoms with Crippen LogP contribution < -0.4 is 0 Å². The first-order valence-corrected chi connectivity index (χ1v) is 12.5. The molecule has 0 aliphatic heterocycles. The third kappa shape index (κ3) is 6.63. The molecule has 1 aliphatic rings. The van der Waals surface area contributed by atoms with Crippen molar-refractivity contribution in [2.75, 3.05) is 0 Å². The summed E-state index contributed by atoms with van der Waals surface area (Å²) in [5.41, 5.74) is 3.59. The lowest BCUT2D eigenvalue weighted by molar-refractivity contribution is 0.221. The van der Waals surface area contributed by atoms with Crippen molar-refractivity contribution in [2.24, 2.45) is 5.41 Å². The molecule has 1 heterocycles. The zero-order valence-electron chi connectivity index (χ0n) is 19.6. The Kier molecular flexibility index (Phi) is 9.07. The number of aromatic nitrogens is 2. The summed E-state index contributed by atoms with van der Waals surface area (Å²) >= 11 is 0. The molecule has 2 aromatic rings. The summed E-state index contributed by atoms with van der Waals surface area (Å²) in [6, 6.07) is 11.6. The van der Waals surface area contributed by atoms with Crippen molar-refractivity contribution >= 4 is 0 Å². The summed E-state index contributed by atoms with van der Waals surface area (Å²) < 4.78 is 0. The van der Waals surface area contributed by atoms with Crippen LogP contribution in [0.4, 0.5) is 0 Å². The number of rotatable bonds is 11. The minimum absolute atomic E-state index is 0.107. The van der Waals surface area contributed by atoms with Crippen LogP contribution in [0.1, 0.15) is 108 Å². The number of hydrogen-bond donors (Lipinski definition) is 0. The van der Waals surface area contributed by atoms with Gasteiger partial charge in [0.05, 0.1) is 11.5 Å². The molecule has 0 N–H and O–H groups in total. The van der Waals surface area contributed by atoms with Gasteiger partial charge in [0.1, 0.15) is 5.82 Å². The van der Waals surface area contributed by atoms with E-state index in [0.29, 0.717) is 5.92 Å². The van der Waals surface area contributed by atoms with Crippen molar-refractivity contribution in [3.8, 4) is 17.2 Å². The van der Waals surface area contributed by atoms with Crippen LogP contribution in [0.3, 0.4) is 0 Å². The largest absolute Gasteiger partial charge is 0.240 e. The van der Waals surface area contributed by atoms with Gasteiger partial charge in [0.2, 0.25) is 0 Å². The van der Waals surface area contributed by atoms with E-state index in [9.17, 15) is 5.26 Å². The zero-order chi connectivity index (χ0) is 21.9. The van der Waals surface area contributed by atoms with Crippen molar-refractivity contribution in [3.05, 3.63) is 48.0 Å². The van der Waals surface area contributed by atoms with Crippen molar-refractivity contribution in [1.29, 1.82) is 5.26 Å². The third-order valence-electron chi connectivity index (χ3n) is 7.08. The molecule has 1 aliphatic carbocycles. The molecule has 0 saturated heterocycles. The second-order valence-electron chi connectivity index (χ2n) is 9.46. The first kappa shape index (κ1) is 23.5. The minimum atomic E-state index is -0.107. The maximum absolute atomic E-state index is 9.71. The van der Waals surface area contributed by atoms with E-state index in [2.05, 4.69) is 44.2 Å². The van der Waals surface area contributed by atoms with Gasteiger partial charge in [-0.3, -0.25) is 0 Å². The van der Waals surface area contributed by atoms with Gasteiger partial charge in [0.25, 0.3) is 0 Å². The van der Waals surface area contributed by atoms with Crippen LogP contribution in [-0.4, -0.2) is 9.97 Å². The Morgan fingerprint density at radius 1 is 0.871 bits per heavy atom. The van der Waals surface area contributed by atoms with Crippen molar-refractivity contribution < 1.29 is 0 Å². The summed E-state index contributed by atoms with van der Waals surface area (Å²) in [7, 11) is 0. The fraction of sp³-hybridized carbons (Fsp3) is 0.607. The van der Waals surface area contributed by atoms with Gasteiger partial charge in [0, 0.05) is 23.9 Å². The van der Waals surface area contributed by atoms with E-state index in [1.807, 2.05) is 12.4 Å². The van der Waals surface area contributed by atoms with Crippen LogP contribution in [0.25, 0.3) is 11.1 Å². The summed E-state index contributed by atoms with van der Waals surface area (Å²) in [6.45, 7) is 4.46. The highest BCUT2D eigenvalue weighted by Crippen LogP contribution is 2.44. The molecule has 31 heavy (non-hydrogen) atoms. The highest BCUT2D eigenvalue weighted by molar-refractivity contribution is 5.61. The maximum atomic E-state index is 9.71. The molecule has 1 aromatic heterocycles. The fourth-order valence-corrected chi connectivity index (χ4v) is 4.86. The Balaban J connectivity index is 1.53. The van der Waals surface area contributed by atoms with E-state index in [-0.39, 0.29) is 5.41 Å². The Labute approximate surface area is 189 Å². The highest BCUT2D eigenvalue weighted by atomic mass is 14.9. The topological polar surface area (TPSA) is 49.6 Å². The summed E-state index contributed by atoms with van der Waals surface area (Å²) in [4.78, 5) is 9.44. The van der Waals surface area contributed by atoms with E-state index < -0.39 is 0 Å². The molecule has 0 bridgehead atoms. The Morgan fingerprint density at radius 2 is 1.52 bits per heavy atom. The normalized spacial score (nSPS) is 21.0. The number of aryl methyl sites for hydroxylation is 1. The van der Waals surface area contributed by atoms with Gasteiger partial charge in [-0.1, -0.05) is 76.6 Å². The molecule has 0 atom stereocenters. The van der Waals surface area contributed by atoms with Gasteiger partial charge < -0.3 is 0 Å². The van der Waals surface area contributed by atoms with Gasteiger partial charge in [-0.05, 0) is 56.1 Å². The number of unbranched alkanes of at least 4 members (excludes halogenated alkanes) is 5. The van der Waals surface area contributed by atoms with Crippen LogP contribution in [0.15, 0.2) is 36.7 Å². The predicted molar refractivity (Wildman–Crippen MR) is 129 cm³/mol. The molecule has 0 unspecified atom stereocenters. The molecule has 3 nitrogen and oxygen atoms in total. The SMILES string of the molecule is CCCCCCCc1ccc(-c2cnc(C3CCC(C#N)(CCCC)CC3)nc2)cc1. The Bertz CT molecular complexity index is 809. The molecule has 3 heteroatoms. The van der Waals surface area contributed by atoms with Gasteiger partial charge in [-0.2, -0.15) is 5.26 Å². The molecule has 3 rings (SSSR count). The summed E-state index contributed by atoms with van der Waals surface area (Å²) in [6.07, 6.45) is 19.1. The fourth-order valence-electron chi connectivity index (χ4n) is 4.86. The summed E-state index contributed by atoms with van der Waals surface area (Å²) in [5, 5.41) is 9.71. The monoisotopic (exact) mass is 417 g/mol. The lowest BCUT2D eigenvalue weighted by atomic mass is 9.68. The number of nitrogens with zero attached hydrogens (tertiary/aromatic N) is 3. The number of hydrogen-bond acceptors (Lipinski definition) is 3. The average molecular weight is 418 g/mol. The molecule has 0 radical (unpaired) electrons. The van der Waals surface area contributed by atoms with Crippen LogP contribution >= 0.6 is 0 Å². The molecule has 1 saturated carbocycles. The first-order chi connectivity index (χ1) is 15.2. The zero-order valence-corrected chi connectivity index (χ0v) is 19.6. The van der Waals surface area contributed by atoms with E-state index in [1.54, 1.807) is 0 Å². The van der Waals surface area contributed by atoms with Gasteiger partial charge in [-0.15, -0.1) is 0 Å². The molecule has 166 valence electrons. The van der Waals surface area contributed by atoms with Crippen LogP contribution in [-0.2, 0) is 6.42 Å². The number of nitriles is 1.